The molecule has 190 valence electrons. The summed E-state index contributed by atoms with van der Waals surface area (Å²) in [6.07, 6.45) is 6.53. The first-order chi connectivity index (χ1) is 17.9. The maximum atomic E-state index is 10.2. The lowest BCUT2D eigenvalue weighted by Crippen LogP contribution is -2.49. The number of rotatable bonds is 7. The monoisotopic (exact) mass is 493 g/mol. The molecule has 1 aromatic heterocycles. The molecule has 1 unspecified atom stereocenters. The normalized spacial score (nSPS) is 17.5. The maximum Gasteiger partial charge on any atom is 0.240 e. The van der Waals surface area contributed by atoms with E-state index in [1.165, 1.54) is 27.9 Å². The molecule has 0 amide bonds. The summed E-state index contributed by atoms with van der Waals surface area (Å²) in [6, 6.07) is 23.4. The predicted octanol–water partition coefficient (Wildman–Crippen LogP) is 7.35. The highest BCUT2D eigenvalue weighted by molar-refractivity contribution is 5.67. The number of anilines is 1. The van der Waals surface area contributed by atoms with E-state index in [1.807, 2.05) is 18.2 Å². The number of phenolic OH excluding ortho intramolecular Hbond substituents is 1. The van der Waals surface area contributed by atoms with Gasteiger partial charge in [0.05, 0.1) is 5.54 Å². The van der Waals surface area contributed by atoms with Gasteiger partial charge in [-0.05, 0) is 83.8 Å². The van der Waals surface area contributed by atoms with Crippen LogP contribution < -0.4 is 4.90 Å². The number of nitrogens with zero attached hydrogens (tertiary/aromatic N) is 3. The topological polar surface area (TPSA) is 62.4 Å². The predicted molar refractivity (Wildman–Crippen MR) is 150 cm³/mol. The van der Waals surface area contributed by atoms with Crippen LogP contribution in [0.2, 0.25) is 0 Å². The Morgan fingerprint density at radius 2 is 1.76 bits per heavy atom. The van der Waals surface area contributed by atoms with Gasteiger partial charge in [-0.25, -0.2) is 0 Å². The van der Waals surface area contributed by atoms with Crippen molar-refractivity contribution in [2.75, 3.05) is 11.4 Å². The Balaban J connectivity index is 1.50. The largest absolute Gasteiger partial charge is 0.508 e. The molecule has 0 bridgehead atoms. The second-order valence-corrected chi connectivity index (χ2v) is 10.3. The maximum absolute atomic E-state index is 10.2. The van der Waals surface area contributed by atoms with Crippen LogP contribution in [0.4, 0.5) is 5.69 Å². The standard InChI is InChI=1S/C32H35N3O2/c1-5-6-30-33-34-31(37-30)18-9-23-7-12-26(13-8-23)32(4)29-17-16-28(36)21-25(29)19-20-35(32)27-14-10-24(11-15-27)22(2)3/h7-18,21-22,36H,5-6,19-20H2,1-4H3. The van der Waals surface area contributed by atoms with E-state index in [9.17, 15) is 5.11 Å². The Kier molecular flexibility index (Phi) is 6.88. The van der Waals surface area contributed by atoms with Gasteiger partial charge in [-0.2, -0.15) is 0 Å². The van der Waals surface area contributed by atoms with Crippen molar-refractivity contribution in [3.63, 3.8) is 0 Å². The van der Waals surface area contributed by atoms with Gasteiger partial charge >= 0.3 is 0 Å². The smallest absolute Gasteiger partial charge is 0.240 e. The zero-order valence-electron chi connectivity index (χ0n) is 22.1. The van der Waals surface area contributed by atoms with Gasteiger partial charge in [-0.3, -0.25) is 0 Å². The van der Waals surface area contributed by atoms with Crippen molar-refractivity contribution in [3.05, 3.63) is 106 Å². The summed E-state index contributed by atoms with van der Waals surface area (Å²) in [5.41, 5.74) is 6.85. The number of aryl methyl sites for hydroxylation is 1. The summed E-state index contributed by atoms with van der Waals surface area (Å²) in [6.45, 7) is 9.70. The third-order valence-corrected chi connectivity index (χ3v) is 7.47. The van der Waals surface area contributed by atoms with Crippen LogP contribution in [-0.2, 0) is 18.4 Å². The molecule has 4 aromatic rings. The van der Waals surface area contributed by atoms with Crippen molar-refractivity contribution in [2.45, 2.75) is 58.4 Å². The summed E-state index contributed by atoms with van der Waals surface area (Å²) >= 11 is 0. The number of aromatic hydroxyl groups is 1. The summed E-state index contributed by atoms with van der Waals surface area (Å²) in [5, 5.41) is 18.4. The van der Waals surface area contributed by atoms with Crippen LogP contribution in [0.3, 0.4) is 0 Å². The molecule has 2 heterocycles. The molecule has 0 saturated heterocycles. The van der Waals surface area contributed by atoms with E-state index in [0.717, 1.165) is 31.4 Å². The van der Waals surface area contributed by atoms with Crippen LogP contribution in [0.25, 0.3) is 12.2 Å². The molecule has 1 aliphatic rings. The second kappa shape index (κ2) is 10.3. The molecular weight excluding hydrogens is 458 g/mol. The SMILES string of the molecule is CCCc1nnc(C=Cc2ccc(C3(C)c4ccc(O)cc4CCN3c3ccc(C(C)C)cc3)cc2)o1. The van der Waals surface area contributed by atoms with E-state index >= 15 is 0 Å². The third kappa shape index (κ3) is 4.91. The third-order valence-electron chi connectivity index (χ3n) is 7.47. The molecule has 1 atom stereocenters. The zero-order chi connectivity index (χ0) is 26.0. The van der Waals surface area contributed by atoms with Gasteiger partial charge in [0, 0.05) is 24.7 Å². The zero-order valence-corrected chi connectivity index (χ0v) is 22.1. The Bertz CT molecular complexity index is 1390. The van der Waals surface area contributed by atoms with Crippen LogP contribution in [0.5, 0.6) is 5.75 Å². The average molecular weight is 494 g/mol. The van der Waals surface area contributed by atoms with E-state index < -0.39 is 0 Å². The molecule has 5 nitrogen and oxygen atoms in total. The molecule has 1 N–H and O–H groups in total. The molecule has 0 radical (unpaired) electrons. The van der Waals surface area contributed by atoms with Crippen molar-refractivity contribution in [1.29, 1.82) is 0 Å². The Labute approximate surface area is 219 Å². The van der Waals surface area contributed by atoms with Crippen molar-refractivity contribution in [1.82, 2.24) is 10.2 Å². The molecule has 0 spiro atoms. The number of aromatic nitrogens is 2. The van der Waals surface area contributed by atoms with Gasteiger partial charge in [-0.1, -0.05) is 63.2 Å². The lowest BCUT2D eigenvalue weighted by molar-refractivity contribution is 0.463. The number of benzene rings is 3. The summed E-state index contributed by atoms with van der Waals surface area (Å²) in [5.74, 6) is 2.02. The Hall–Kier alpha value is -3.86. The van der Waals surface area contributed by atoms with E-state index in [2.05, 4.69) is 97.4 Å². The van der Waals surface area contributed by atoms with Crippen molar-refractivity contribution in [2.24, 2.45) is 0 Å². The van der Waals surface area contributed by atoms with Crippen LogP contribution in [0.1, 0.15) is 79.6 Å². The van der Waals surface area contributed by atoms with Gasteiger partial charge in [0.25, 0.3) is 0 Å². The number of hydrogen-bond donors (Lipinski definition) is 1. The molecule has 0 fully saturated rings. The fourth-order valence-electron chi connectivity index (χ4n) is 5.34. The highest BCUT2D eigenvalue weighted by Crippen LogP contribution is 2.44. The fraction of sp³-hybridized carbons (Fsp3) is 0.312. The second-order valence-electron chi connectivity index (χ2n) is 10.3. The first-order valence-corrected chi connectivity index (χ1v) is 13.2. The van der Waals surface area contributed by atoms with Gasteiger partial charge in [-0.15, -0.1) is 10.2 Å². The van der Waals surface area contributed by atoms with Crippen LogP contribution in [0.15, 0.2) is 71.1 Å². The molecule has 0 saturated carbocycles. The van der Waals surface area contributed by atoms with Crippen molar-refractivity contribution < 1.29 is 9.52 Å². The van der Waals surface area contributed by atoms with E-state index in [1.54, 1.807) is 6.07 Å². The fourth-order valence-corrected chi connectivity index (χ4v) is 5.34. The Morgan fingerprint density at radius 1 is 1.00 bits per heavy atom. The van der Waals surface area contributed by atoms with E-state index in [4.69, 9.17) is 4.42 Å². The highest BCUT2D eigenvalue weighted by atomic mass is 16.4. The number of hydrogen-bond acceptors (Lipinski definition) is 5. The lowest BCUT2D eigenvalue weighted by Gasteiger charge is -2.48. The summed E-state index contributed by atoms with van der Waals surface area (Å²) in [7, 11) is 0. The average Bonchev–Trinajstić information content (AvgIpc) is 3.35. The summed E-state index contributed by atoms with van der Waals surface area (Å²) < 4.78 is 5.68. The van der Waals surface area contributed by atoms with Crippen LogP contribution >= 0.6 is 0 Å². The first-order valence-electron chi connectivity index (χ1n) is 13.2. The van der Waals surface area contributed by atoms with Gasteiger partial charge in [0.2, 0.25) is 11.8 Å². The van der Waals surface area contributed by atoms with E-state index in [-0.39, 0.29) is 5.54 Å². The number of fused-ring (bicyclic) bond motifs is 1. The van der Waals surface area contributed by atoms with Gasteiger partial charge in [0.15, 0.2) is 0 Å². The van der Waals surface area contributed by atoms with Crippen molar-refractivity contribution in [3.8, 4) is 5.75 Å². The molecule has 37 heavy (non-hydrogen) atoms. The molecule has 3 aromatic carbocycles. The van der Waals surface area contributed by atoms with E-state index in [0.29, 0.717) is 23.4 Å². The minimum Gasteiger partial charge on any atom is -0.508 e. The van der Waals surface area contributed by atoms with Gasteiger partial charge < -0.3 is 14.4 Å². The molecule has 1 aliphatic heterocycles. The highest BCUT2D eigenvalue weighted by Gasteiger charge is 2.40. The molecule has 5 heteroatoms. The lowest BCUT2D eigenvalue weighted by atomic mass is 9.76. The minimum atomic E-state index is -0.385. The van der Waals surface area contributed by atoms with Crippen molar-refractivity contribution >= 4 is 17.8 Å². The molecule has 0 aliphatic carbocycles. The molecule has 5 rings (SSSR count). The first kappa shape index (κ1) is 24.8. The van der Waals surface area contributed by atoms with Crippen LogP contribution in [0, 0.1) is 0 Å². The quantitative estimate of drug-likeness (QED) is 0.292. The molecular formula is C32H35N3O2. The van der Waals surface area contributed by atoms with Gasteiger partial charge in [0.1, 0.15) is 5.75 Å². The summed E-state index contributed by atoms with van der Waals surface area (Å²) in [4.78, 5) is 2.50. The minimum absolute atomic E-state index is 0.319. The Morgan fingerprint density at radius 3 is 2.46 bits per heavy atom. The number of phenols is 1. The van der Waals surface area contributed by atoms with Crippen LogP contribution in [-0.4, -0.2) is 21.8 Å².